The van der Waals surface area contributed by atoms with Crippen LogP contribution < -0.4 is 16.2 Å². The van der Waals surface area contributed by atoms with Gasteiger partial charge in [0.25, 0.3) is 11.8 Å². The van der Waals surface area contributed by atoms with Crippen LogP contribution in [0.2, 0.25) is 5.02 Å². The molecular weight excluding hydrogens is 502 g/mol. The van der Waals surface area contributed by atoms with Crippen molar-refractivity contribution in [3.63, 3.8) is 0 Å². The maximum atomic E-state index is 13.3. The number of esters is 1. The normalized spacial score (nSPS) is 19.1. The van der Waals surface area contributed by atoms with Crippen LogP contribution in [0.15, 0.2) is 32.9 Å². The van der Waals surface area contributed by atoms with E-state index in [4.69, 9.17) is 22.6 Å². The molecule has 36 heavy (non-hydrogen) atoms. The Labute approximate surface area is 217 Å². The van der Waals surface area contributed by atoms with Crippen LogP contribution >= 0.6 is 23.4 Å². The Morgan fingerprint density at radius 1 is 1.28 bits per heavy atom. The Kier molecular flexibility index (Phi) is 6.44. The molecule has 1 aliphatic heterocycles. The second kappa shape index (κ2) is 9.42. The van der Waals surface area contributed by atoms with Crippen molar-refractivity contribution < 1.29 is 9.53 Å². The number of anilines is 1. The number of aromatic nitrogens is 4. The van der Waals surface area contributed by atoms with Crippen LogP contribution in [0.4, 0.5) is 5.95 Å². The minimum Gasteiger partial charge on any atom is -0.346 e. The molecule has 0 unspecified atom stereocenters. The van der Waals surface area contributed by atoms with Gasteiger partial charge < -0.3 is 15.4 Å². The first-order chi connectivity index (χ1) is 17.3. The molecule has 0 radical (unpaired) electrons. The molecule has 2 aromatic heterocycles. The van der Waals surface area contributed by atoms with Gasteiger partial charge in [0.1, 0.15) is 0 Å². The molecule has 10 nitrogen and oxygen atoms in total. The van der Waals surface area contributed by atoms with Crippen molar-refractivity contribution in [2.75, 3.05) is 18.0 Å². The van der Waals surface area contributed by atoms with Gasteiger partial charge in [-0.2, -0.15) is 5.10 Å². The van der Waals surface area contributed by atoms with Gasteiger partial charge in [-0.25, -0.2) is 9.78 Å². The highest BCUT2D eigenvalue weighted by molar-refractivity contribution is 7.99. The number of carbonyl (C=O) groups excluding carboxylic acids is 1. The first-order valence-electron chi connectivity index (χ1n) is 11.8. The van der Waals surface area contributed by atoms with E-state index in [2.05, 4.69) is 19.7 Å². The zero-order chi connectivity index (χ0) is 25.6. The topological polar surface area (TPSA) is 132 Å². The summed E-state index contributed by atoms with van der Waals surface area (Å²) in [5.41, 5.74) is 6.99. The smallest absolute Gasteiger partial charge is 0.346 e. The number of piperidine rings is 1. The lowest BCUT2D eigenvalue weighted by molar-refractivity contribution is 0.0675. The number of nitrogens with zero attached hydrogens (tertiary/aromatic N) is 6. The van der Waals surface area contributed by atoms with E-state index in [-0.39, 0.29) is 27.7 Å². The number of halogens is 1. The van der Waals surface area contributed by atoms with E-state index in [1.807, 2.05) is 0 Å². The predicted octanol–water partition coefficient (Wildman–Crippen LogP) is 3.21. The summed E-state index contributed by atoms with van der Waals surface area (Å²) in [7, 11) is 3.29. The Bertz CT molecular complexity index is 1450. The third-order valence-corrected chi connectivity index (χ3v) is 9.15. The first-order valence-corrected chi connectivity index (χ1v) is 12.9. The highest BCUT2D eigenvalue weighted by Crippen LogP contribution is 2.46. The molecule has 1 aliphatic carbocycles. The van der Waals surface area contributed by atoms with Gasteiger partial charge in [0, 0.05) is 38.1 Å². The molecule has 0 bridgehead atoms. The Morgan fingerprint density at radius 2 is 2.03 bits per heavy atom. The third kappa shape index (κ3) is 4.03. The van der Waals surface area contributed by atoms with Gasteiger partial charge in [0.15, 0.2) is 5.69 Å². The van der Waals surface area contributed by atoms with Crippen molar-refractivity contribution >= 4 is 46.2 Å². The molecular formula is C24H26ClN7O3S. The molecule has 1 saturated carbocycles. The number of ether oxygens (including phenoxy) is 1. The summed E-state index contributed by atoms with van der Waals surface area (Å²) >= 11 is 7.82. The molecule has 2 fully saturated rings. The van der Waals surface area contributed by atoms with Gasteiger partial charge in [0.2, 0.25) is 5.95 Å². The maximum absolute atomic E-state index is 13.3. The summed E-state index contributed by atoms with van der Waals surface area (Å²) in [4.78, 5) is 33.3. The average molecular weight is 528 g/mol. The minimum absolute atomic E-state index is 0.0604. The number of nitrogens with two attached hydrogens (primary N) is 1. The van der Waals surface area contributed by atoms with Gasteiger partial charge in [-0.05, 0) is 43.2 Å². The monoisotopic (exact) mass is 527 g/mol. The summed E-state index contributed by atoms with van der Waals surface area (Å²) in [6.07, 6.45) is 8.45. The Morgan fingerprint density at radius 3 is 2.69 bits per heavy atom. The van der Waals surface area contributed by atoms with E-state index in [0.29, 0.717) is 26.6 Å². The van der Waals surface area contributed by atoms with E-state index >= 15 is 0 Å². The number of hydrogen-bond acceptors (Lipinski definition) is 9. The van der Waals surface area contributed by atoms with Gasteiger partial charge in [0.05, 0.1) is 27.0 Å². The number of carbonyl (C=O) groups is 1. The number of aryl methyl sites for hydroxylation is 1. The minimum atomic E-state index is -0.852. The van der Waals surface area contributed by atoms with Crippen molar-refractivity contribution in [3.8, 4) is 6.26 Å². The third-order valence-electron chi connectivity index (χ3n) is 7.59. The Balaban J connectivity index is 1.41. The van der Waals surface area contributed by atoms with Gasteiger partial charge in [-0.3, -0.25) is 14.0 Å². The van der Waals surface area contributed by atoms with E-state index in [1.165, 1.54) is 35.5 Å². The highest BCUT2D eigenvalue weighted by atomic mass is 35.5. The van der Waals surface area contributed by atoms with Crippen molar-refractivity contribution in [1.82, 2.24) is 19.3 Å². The fraction of sp³-hybridized carbons (Fsp3) is 0.458. The fourth-order valence-corrected chi connectivity index (χ4v) is 6.83. The van der Waals surface area contributed by atoms with Gasteiger partial charge in [-0.1, -0.05) is 29.8 Å². The molecule has 1 aromatic carbocycles. The summed E-state index contributed by atoms with van der Waals surface area (Å²) in [6, 6.07) is 3.71. The number of fused-ring (bicyclic) bond motifs is 1. The highest BCUT2D eigenvalue weighted by Gasteiger charge is 2.43. The molecule has 1 atom stereocenters. The van der Waals surface area contributed by atoms with Gasteiger partial charge >= 0.3 is 5.97 Å². The lowest BCUT2D eigenvalue weighted by Gasteiger charge is -2.42. The molecule has 2 aliphatic rings. The maximum Gasteiger partial charge on any atom is 0.372 e. The summed E-state index contributed by atoms with van der Waals surface area (Å²) < 4.78 is 7.39. The first kappa shape index (κ1) is 24.6. The van der Waals surface area contributed by atoms with E-state index in [1.54, 1.807) is 37.0 Å². The number of nitriles is 1. The van der Waals surface area contributed by atoms with Gasteiger partial charge in [-0.15, -0.1) is 5.26 Å². The Hall–Kier alpha value is -3.07. The standard InChI is InChI=1S/C24H26ClN7O3S/c1-30-21(33)16(12-28-23(30)32-10-8-24(9-11-32)7-3-4-17(24)27)36-15-6-5-14-18(19(15)25)20(31(2)29-14)22(34)35-13-26/h5-6,12,17H,3-4,7-11,27H2,1-2H3/t17-/m1/s1. The van der Waals surface area contributed by atoms with Crippen LogP contribution in [-0.2, 0) is 18.8 Å². The molecule has 12 heteroatoms. The van der Waals surface area contributed by atoms with Crippen LogP contribution in [-0.4, -0.2) is 44.4 Å². The molecule has 188 valence electrons. The van der Waals surface area contributed by atoms with Crippen molar-refractivity contribution in [1.29, 1.82) is 5.26 Å². The number of hydrogen-bond donors (Lipinski definition) is 1. The SMILES string of the molecule is Cn1nc2ccc(Sc3cnc(N4CCC5(CCC[C@H]5N)CC4)n(C)c3=O)c(Cl)c2c1C(=O)OC#N. The molecule has 0 amide bonds. The molecule has 3 heterocycles. The largest absolute Gasteiger partial charge is 0.372 e. The average Bonchev–Trinajstić information content (AvgIpc) is 3.39. The lowest BCUT2D eigenvalue weighted by atomic mass is 9.74. The second-order valence-corrected chi connectivity index (χ2v) is 10.9. The predicted molar refractivity (Wildman–Crippen MR) is 136 cm³/mol. The van der Waals surface area contributed by atoms with E-state index in [0.717, 1.165) is 32.4 Å². The van der Waals surface area contributed by atoms with E-state index < -0.39 is 5.97 Å². The van der Waals surface area contributed by atoms with Crippen molar-refractivity contribution in [3.05, 3.63) is 39.4 Å². The van der Waals surface area contributed by atoms with Crippen LogP contribution in [0.25, 0.3) is 10.9 Å². The van der Waals surface area contributed by atoms with Crippen LogP contribution in [0.5, 0.6) is 0 Å². The van der Waals surface area contributed by atoms with Crippen molar-refractivity contribution in [2.24, 2.45) is 25.2 Å². The summed E-state index contributed by atoms with van der Waals surface area (Å²) in [6.45, 7) is 1.65. The molecule has 1 spiro atoms. The quantitative estimate of drug-likeness (QED) is 0.401. The molecule has 3 aromatic rings. The molecule has 2 N–H and O–H groups in total. The zero-order valence-corrected chi connectivity index (χ0v) is 21.6. The summed E-state index contributed by atoms with van der Waals surface area (Å²) in [5.74, 6) is -0.212. The zero-order valence-electron chi connectivity index (χ0n) is 20.0. The molecule has 1 saturated heterocycles. The van der Waals surface area contributed by atoms with Crippen LogP contribution in [0, 0.1) is 16.9 Å². The van der Waals surface area contributed by atoms with E-state index in [9.17, 15) is 9.59 Å². The number of benzene rings is 1. The fourth-order valence-electron chi connectivity index (χ4n) is 5.57. The lowest BCUT2D eigenvalue weighted by Crippen LogP contribution is -2.48. The second-order valence-electron chi connectivity index (χ2n) is 9.46. The van der Waals surface area contributed by atoms with Crippen LogP contribution in [0.1, 0.15) is 42.6 Å². The summed E-state index contributed by atoms with van der Waals surface area (Å²) in [5, 5.41) is 13.6. The van der Waals surface area contributed by atoms with Crippen molar-refractivity contribution in [2.45, 2.75) is 47.9 Å². The molecule has 5 rings (SSSR count). The number of rotatable bonds is 4. The van der Waals surface area contributed by atoms with Crippen LogP contribution in [0.3, 0.4) is 0 Å².